The summed E-state index contributed by atoms with van der Waals surface area (Å²) in [4.78, 5) is 39.7. The Hall–Kier alpha value is -3.85. The van der Waals surface area contributed by atoms with Crippen LogP contribution in [0.1, 0.15) is 67.5 Å². The molecule has 1 aliphatic heterocycles. The number of methoxy groups -OCH3 is 1. The molecule has 1 aromatic heterocycles. The number of benzene rings is 2. The van der Waals surface area contributed by atoms with E-state index in [-0.39, 0.29) is 23.5 Å². The molecule has 5 rings (SSSR count). The number of carbonyl (C=O) groups is 2. The highest BCUT2D eigenvalue weighted by Crippen LogP contribution is 2.34. The van der Waals surface area contributed by atoms with Crippen molar-refractivity contribution >= 4 is 11.8 Å². The Bertz CT molecular complexity index is 1340. The number of rotatable bonds is 7. The highest BCUT2D eigenvalue weighted by molar-refractivity contribution is 5.99. The number of aromatic nitrogens is 2. The van der Waals surface area contributed by atoms with Crippen LogP contribution in [0, 0.1) is 0 Å². The minimum atomic E-state index is -0.245. The maximum absolute atomic E-state index is 14.1. The van der Waals surface area contributed by atoms with Crippen LogP contribution in [0.15, 0.2) is 59.4 Å². The van der Waals surface area contributed by atoms with E-state index in [4.69, 9.17) is 4.74 Å². The smallest absolute Gasteiger partial charge is 0.329 e. The molecule has 9 heteroatoms. The number of nitrogens with one attached hydrogen (secondary N) is 1. The van der Waals surface area contributed by atoms with E-state index in [0.717, 1.165) is 61.3 Å². The molecule has 2 heterocycles. The number of primary amides is 1. The maximum Gasteiger partial charge on any atom is 0.329 e. The summed E-state index contributed by atoms with van der Waals surface area (Å²) in [6.45, 7) is 4.83. The maximum atomic E-state index is 14.1. The van der Waals surface area contributed by atoms with Crippen molar-refractivity contribution in [2.24, 2.45) is 5.73 Å². The van der Waals surface area contributed by atoms with Gasteiger partial charge < -0.3 is 20.7 Å². The van der Waals surface area contributed by atoms with Crippen molar-refractivity contribution in [2.75, 3.05) is 33.3 Å². The van der Waals surface area contributed by atoms with Gasteiger partial charge in [-0.05, 0) is 30.5 Å². The van der Waals surface area contributed by atoms with Crippen molar-refractivity contribution in [2.45, 2.75) is 58.0 Å². The summed E-state index contributed by atoms with van der Waals surface area (Å²) in [6, 6.07) is 17.8. The predicted octanol–water partition coefficient (Wildman–Crippen LogP) is 3.81. The molecule has 2 amide bonds. The minimum Gasteiger partial charge on any atom is -0.497 e. The standard InChI is InChI=1S/C28H34N4O3.C3H7NO/c1-35-24-14-8-9-21(19-24)20-31-26(27(33)30-17-15-29-16-18-30)25(22-10-4-2-5-11-22)32(28(31)34)23-12-6-3-7-13-23;1-2-3(4)5/h2,4-5,8-11,14,19,23,29H,3,6-7,12-13,15-18,20H2,1H3;2H2,1H3,(H2,4,5). The molecule has 1 saturated heterocycles. The van der Waals surface area contributed by atoms with Crippen LogP contribution in [0.5, 0.6) is 5.75 Å². The summed E-state index contributed by atoms with van der Waals surface area (Å²) in [6.07, 6.45) is 5.78. The van der Waals surface area contributed by atoms with Crippen LogP contribution in [0.2, 0.25) is 0 Å². The highest BCUT2D eigenvalue weighted by atomic mass is 16.5. The molecule has 2 aliphatic rings. The molecular formula is C31H41N5O4. The quantitative estimate of drug-likeness (QED) is 0.467. The number of piperazine rings is 1. The first kappa shape index (κ1) is 29.1. The lowest BCUT2D eigenvalue weighted by molar-refractivity contribution is -0.117. The second-order valence-corrected chi connectivity index (χ2v) is 10.3. The summed E-state index contributed by atoms with van der Waals surface area (Å²) in [7, 11) is 1.64. The minimum absolute atomic E-state index is 0.0695. The molecular weight excluding hydrogens is 506 g/mol. The molecule has 0 unspecified atom stereocenters. The number of ether oxygens (including phenoxy) is 1. The molecule has 40 heavy (non-hydrogen) atoms. The van der Waals surface area contributed by atoms with E-state index in [1.807, 2.05) is 64.1 Å². The van der Waals surface area contributed by atoms with Gasteiger partial charge >= 0.3 is 5.69 Å². The average Bonchev–Trinajstić information content (AvgIpc) is 3.29. The lowest BCUT2D eigenvalue weighted by atomic mass is 9.94. The monoisotopic (exact) mass is 547 g/mol. The Kier molecular flexibility index (Phi) is 10.2. The van der Waals surface area contributed by atoms with E-state index in [1.165, 1.54) is 6.42 Å². The molecule has 3 N–H and O–H groups in total. The third-order valence-electron chi connectivity index (χ3n) is 7.59. The van der Waals surface area contributed by atoms with Crippen LogP contribution in [0.4, 0.5) is 0 Å². The van der Waals surface area contributed by atoms with E-state index >= 15 is 0 Å². The molecule has 1 saturated carbocycles. The third kappa shape index (κ3) is 6.83. The number of imidazole rings is 1. The van der Waals surface area contributed by atoms with Gasteiger partial charge in [-0.2, -0.15) is 0 Å². The van der Waals surface area contributed by atoms with Crippen LogP contribution in [-0.2, 0) is 11.3 Å². The van der Waals surface area contributed by atoms with Gasteiger partial charge in [-0.15, -0.1) is 0 Å². The molecule has 214 valence electrons. The van der Waals surface area contributed by atoms with E-state index in [9.17, 15) is 14.4 Å². The summed E-state index contributed by atoms with van der Waals surface area (Å²) >= 11 is 0. The first-order chi connectivity index (χ1) is 19.4. The fraction of sp³-hybridized carbons (Fsp3) is 0.452. The van der Waals surface area contributed by atoms with Crippen molar-refractivity contribution in [1.82, 2.24) is 19.4 Å². The first-order valence-corrected chi connectivity index (χ1v) is 14.3. The lowest BCUT2D eigenvalue weighted by Crippen LogP contribution is -2.47. The number of amides is 2. The van der Waals surface area contributed by atoms with E-state index in [1.54, 1.807) is 18.6 Å². The van der Waals surface area contributed by atoms with Gasteiger partial charge in [-0.3, -0.25) is 18.7 Å². The Balaban J connectivity index is 0.000000681. The molecule has 3 aromatic rings. The van der Waals surface area contributed by atoms with Crippen molar-refractivity contribution < 1.29 is 14.3 Å². The van der Waals surface area contributed by atoms with E-state index < -0.39 is 0 Å². The van der Waals surface area contributed by atoms with Gasteiger partial charge in [0.1, 0.15) is 11.4 Å². The molecule has 9 nitrogen and oxygen atoms in total. The fourth-order valence-electron chi connectivity index (χ4n) is 5.45. The van der Waals surface area contributed by atoms with Crippen molar-refractivity contribution in [3.8, 4) is 17.0 Å². The number of hydrogen-bond donors (Lipinski definition) is 2. The Morgan fingerprint density at radius 1 is 1.00 bits per heavy atom. The van der Waals surface area contributed by atoms with Gasteiger partial charge in [-0.1, -0.05) is 68.7 Å². The Morgan fingerprint density at radius 2 is 1.68 bits per heavy atom. The molecule has 0 atom stereocenters. The zero-order valence-electron chi connectivity index (χ0n) is 23.6. The second-order valence-electron chi connectivity index (χ2n) is 10.3. The van der Waals surface area contributed by atoms with Crippen molar-refractivity contribution in [1.29, 1.82) is 0 Å². The fourth-order valence-corrected chi connectivity index (χ4v) is 5.45. The normalized spacial score (nSPS) is 15.7. The molecule has 0 spiro atoms. The van der Waals surface area contributed by atoms with Gasteiger partial charge in [0, 0.05) is 44.2 Å². The van der Waals surface area contributed by atoms with Crippen LogP contribution < -0.4 is 21.5 Å². The largest absolute Gasteiger partial charge is 0.497 e. The van der Waals surface area contributed by atoms with Gasteiger partial charge in [0.05, 0.1) is 19.3 Å². The Morgan fingerprint density at radius 3 is 2.30 bits per heavy atom. The number of nitrogens with zero attached hydrogens (tertiary/aromatic N) is 3. The average molecular weight is 548 g/mol. The predicted molar refractivity (Wildman–Crippen MR) is 157 cm³/mol. The molecule has 1 aliphatic carbocycles. The summed E-state index contributed by atoms with van der Waals surface area (Å²) < 4.78 is 9.05. The zero-order valence-corrected chi connectivity index (χ0v) is 23.6. The van der Waals surface area contributed by atoms with Crippen LogP contribution in [0.25, 0.3) is 11.3 Å². The first-order valence-electron chi connectivity index (χ1n) is 14.3. The summed E-state index contributed by atoms with van der Waals surface area (Å²) in [5.41, 5.74) is 7.65. The lowest BCUT2D eigenvalue weighted by Gasteiger charge is -2.28. The second kappa shape index (κ2) is 14.0. The van der Waals surface area contributed by atoms with Gasteiger partial charge in [0.15, 0.2) is 0 Å². The van der Waals surface area contributed by atoms with Gasteiger partial charge in [0.2, 0.25) is 5.91 Å². The third-order valence-corrected chi connectivity index (χ3v) is 7.59. The van der Waals surface area contributed by atoms with Gasteiger partial charge in [-0.25, -0.2) is 4.79 Å². The van der Waals surface area contributed by atoms with E-state index in [2.05, 4.69) is 11.1 Å². The number of carbonyl (C=O) groups excluding carboxylic acids is 2. The van der Waals surface area contributed by atoms with Crippen LogP contribution >= 0.6 is 0 Å². The Labute approximate surface area is 235 Å². The van der Waals surface area contributed by atoms with Crippen LogP contribution in [0.3, 0.4) is 0 Å². The van der Waals surface area contributed by atoms with Crippen molar-refractivity contribution in [3.63, 3.8) is 0 Å². The molecule has 2 aromatic carbocycles. The van der Waals surface area contributed by atoms with Crippen molar-refractivity contribution in [3.05, 3.63) is 76.3 Å². The zero-order chi connectivity index (χ0) is 28.5. The summed E-state index contributed by atoms with van der Waals surface area (Å²) in [5.74, 6) is 0.422. The highest BCUT2D eigenvalue weighted by Gasteiger charge is 2.33. The number of hydrogen-bond acceptors (Lipinski definition) is 5. The number of nitrogens with two attached hydrogens (primary N) is 1. The molecule has 0 bridgehead atoms. The van der Waals surface area contributed by atoms with E-state index in [0.29, 0.717) is 31.7 Å². The van der Waals surface area contributed by atoms with Crippen LogP contribution in [-0.4, -0.2) is 59.1 Å². The topological polar surface area (TPSA) is 112 Å². The van der Waals surface area contributed by atoms with Gasteiger partial charge in [0.25, 0.3) is 5.91 Å². The summed E-state index contributed by atoms with van der Waals surface area (Å²) in [5, 5.41) is 3.32. The molecule has 0 radical (unpaired) electrons. The SMILES string of the molecule is CCC(N)=O.COc1cccc(Cn2c(C(=O)N3CCNCC3)c(-c3ccccc3)n(C3CCCCC3)c2=O)c1. The molecule has 2 fully saturated rings.